The molecule has 0 N–H and O–H groups in total. The number of methoxy groups -OCH3 is 2. The van der Waals surface area contributed by atoms with Crippen molar-refractivity contribution in [1.29, 1.82) is 0 Å². The van der Waals surface area contributed by atoms with E-state index in [0.717, 1.165) is 12.3 Å². The number of rotatable bonds is 4. The van der Waals surface area contributed by atoms with Gasteiger partial charge in [0.25, 0.3) is 0 Å². The smallest absolute Gasteiger partial charge is 0.349 e. The van der Waals surface area contributed by atoms with Gasteiger partial charge in [0.15, 0.2) is 5.60 Å². The summed E-state index contributed by atoms with van der Waals surface area (Å²) in [5, 5.41) is 0. The molecule has 0 aliphatic carbocycles. The molecule has 14 heavy (non-hydrogen) atoms. The molecule has 5 heteroatoms. The molecule has 0 aromatic rings. The van der Waals surface area contributed by atoms with Gasteiger partial charge in [-0.3, -0.25) is 0 Å². The first-order valence-corrected chi connectivity index (χ1v) is 3.94. The highest BCUT2D eigenvalue weighted by atomic mass is 16.6. The van der Waals surface area contributed by atoms with E-state index in [-0.39, 0.29) is 0 Å². The van der Waals surface area contributed by atoms with Gasteiger partial charge in [0.2, 0.25) is 0 Å². The molecule has 0 unspecified atom stereocenters. The molecule has 0 spiro atoms. The number of esters is 2. The number of ether oxygens (including phenoxy) is 3. The maximum atomic E-state index is 11.1. The summed E-state index contributed by atoms with van der Waals surface area (Å²) < 4.78 is 13.8. The van der Waals surface area contributed by atoms with Gasteiger partial charge in [-0.2, -0.15) is 0 Å². The summed E-state index contributed by atoms with van der Waals surface area (Å²) in [5.41, 5.74) is -1.11. The lowest BCUT2D eigenvalue weighted by molar-refractivity contribution is -0.159. The van der Waals surface area contributed by atoms with Crippen LogP contribution in [-0.4, -0.2) is 31.8 Å². The first-order valence-electron chi connectivity index (χ1n) is 3.94. The first-order chi connectivity index (χ1) is 6.44. The van der Waals surface area contributed by atoms with Gasteiger partial charge in [-0.05, 0) is 13.8 Å². The molecule has 0 aliphatic heterocycles. The zero-order valence-electron chi connectivity index (χ0n) is 8.70. The number of hydrogen-bond donors (Lipinski definition) is 0. The molecule has 0 atom stereocenters. The van der Waals surface area contributed by atoms with Crippen molar-refractivity contribution in [3.8, 4) is 0 Å². The maximum absolute atomic E-state index is 11.1. The van der Waals surface area contributed by atoms with E-state index in [1.54, 1.807) is 0 Å². The molecular weight excluding hydrogens is 188 g/mol. The molecule has 0 fully saturated rings. The van der Waals surface area contributed by atoms with Gasteiger partial charge in [-0.1, -0.05) is 0 Å². The van der Waals surface area contributed by atoms with E-state index in [2.05, 4.69) is 9.47 Å². The Labute approximate surface area is 82.6 Å². The Morgan fingerprint density at radius 1 is 1.14 bits per heavy atom. The highest BCUT2D eigenvalue weighted by molar-refractivity contribution is 5.82. The average molecular weight is 202 g/mol. The second-order valence-electron chi connectivity index (χ2n) is 2.95. The molecule has 0 aromatic carbocycles. The van der Waals surface area contributed by atoms with Crippen LogP contribution in [0.5, 0.6) is 0 Å². The predicted molar refractivity (Wildman–Crippen MR) is 48.3 cm³/mol. The summed E-state index contributed by atoms with van der Waals surface area (Å²) in [6.07, 6.45) is 2.17. The number of carbonyl (C=O) groups is 2. The predicted octanol–water partition coefficient (Wildman–Crippen LogP) is 0.641. The highest BCUT2D eigenvalue weighted by Crippen LogP contribution is 2.11. The van der Waals surface area contributed by atoms with Crippen LogP contribution >= 0.6 is 0 Å². The van der Waals surface area contributed by atoms with E-state index >= 15 is 0 Å². The quantitative estimate of drug-likeness (QED) is 0.380. The van der Waals surface area contributed by atoms with Gasteiger partial charge in [-0.25, -0.2) is 9.59 Å². The van der Waals surface area contributed by atoms with Gasteiger partial charge in [0, 0.05) is 0 Å². The largest absolute Gasteiger partial charge is 0.483 e. The van der Waals surface area contributed by atoms with Crippen LogP contribution in [0.4, 0.5) is 0 Å². The number of carbonyl (C=O) groups excluding carboxylic acids is 2. The lowest BCUT2D eigenvalue weighted by Crippen LogP contribution is -2.34. The Morgan fingerprint density at radius 3 is 2.14 bits per heavy atom. The molecule has 0 bridgehead atoms. The summed E-state index contributed by atoms with van der Waals surface area (Å²) in [4.78, 5) is 21.7. The summed E-state index contributed by atoms with van der Waals surface area (Å²) >= 11 is 0. The summed E-state index contributed by atoms with van der Waals surface area (Å²) in [7, 11) is 2.51. The van der Waals surface area contributed by atoms with Crippen LogP contribution in [0.2, 0.25) is 0 Å². The first kappa shape index (κ1) is 12.5. The van der Waals surface area contributed by atoms with Gasteiger partial charge in [-0.15, -0.1) is 0 Å². The van der Waals surface area contributed by atoms with Gasteiger partial charge < -0.3 is 14.2 Å². The molecule has 0 aromatic heterocycles. The van der Waals surface area contributed by atoms with Crippen LogP contribution in [-0.2, 0) is 23.8 Å². The molecule has 0 saturated carbocycles. The molecule has 0 saturated heterocycles. The average Bonchev–Trinajstić information content (AvgIpc) is 2.15. The van der Waals surface area contributed by atoms with E-state index in [1.165, 1.54) is 28.1 Å². The Kier molecular flexibility index (Phi) is 4.69. The molecule has 0 aliphatic rings. The monoisotopic (exact) mass is 202 g/mol. The minimum absolute atomic E-state index is 0.521. The second kappa shape index (κ2) is 5.26. The molecular formula is C9H14O5. The van der Waals surface area contributed by atoms with Crippen LogP contribution in [0.1, 0.15) is 13.8 Å². The topological polar surface area (TPSA) is 61.8 Å². The third-order valence-corrected chi connectivity index (χ3v) is 1.44. The van der Waals surface area contributed by atoms with Crippen molar-refractivity contribution in [2.24, 2.45) is 0 Å². The van der Waals surface area contributed by atoms with Gasteiger partial charge >= 0.3 is 11.9 Å². The highest BCUT2D eigenvalue weighted by Gasteiger charge is 2.29. The normalized spacial score (nSPS) is 11.1. The lowest BCUT2D eigenvalue weighted by Gasteiger charge is -2.20. The fourth-order valence-electron chi connectivity index (χ4n) is 0.622. The minimum atomic E-state index is -1.11. The van der Waals surface area contributed by atoms with Crippen molar-refractivity contribution < 1.29 is 23.8 Å². The van der Waals surface area contributed by atoms with Crippen LogP contribution in [0, 0.1) is 0 Å². The Balaban J connectivity index is 4.18. The fourth-order valence-corrected chi connectivity index (χ4v) is 0.622. The zero-order valence-corrected chi connectivity index (χ0v) is 8.70. The Morgan fingerprint density at radius 2 is 1.71 bits per heavy atom. The van der Waals surface area contributed by atoms with E-state index in [4.69, 9.17) is 4.74 Å². The van der Waals surface area contributed by atoms with Crippen LogP contribution in [0.25, 0.3) is 0 Å². The molecule has 0 heterocycles. The summed E-state index contributed by atoms with van der Waals surface area (Å²) in [6, 6.07) is 0. The van der Waals surface area contributed by atoms with Crippen molar-refractivity contribution in [2.75, 3.05) is 14.2 Å². The maximum Gasteiger partial charge on any atom is 0.349 e. The SMILES string of the molecule is COC(=O)/C=C/OC(C)(C)C(=O)OC. The van der Waals surface area contributed by atoms with Crippen molar-refractivity contribution in [2.45, 2.75) is 19.4 Å². The molecule has 0 rings (SSSR count). The minimum Gasteiger partial charge on any atom is -0.483 e. The standard InChI is InChI=1S/C9H14O5/c1-9(2,8(11)13-4)14-6-5-7(10)12-3/h5-6H,1-4H3/b6-5+. The van der Waals surface area contributed by atoms with Crippen LogP contribution < -0.4 is 0 Å². The van der Waals surface area contributed by atoms with E-state index in [1.807, 2.05) is 0 Å². The summed E-state index contributed by atoms with van der Waals surface area (Å²) in [6.45, 7) is 3.06. The third-order valence-electron chi connectivity index (χ3n) is 1.44. The van der Waals surface area contributed by atoms with Crippen molar-refractivity contribution in [3.05, 3.63) is 12.3 Å². The van der Waals surface area contributed by atoms with E-state index in [0.29, 0.717) is 0 Å². The van der Waals surface area contributed by atoms with Crippen molar-refractivity contribution >= 4 is 11.9 Å². The fraction of sp³-hybridized carbons (Fsp3) is 0.556. The van der Waals surface area contributed by atoms with Crippen molar-refractivity contribution in [1.82, 2.24) is 0 Å². The van der Waals surface area contributed by atoms with E-state index < -0.39 is 17.5 Å². The second-order valence-corrected chi connectivity index (χ2v) is 2.95. The zero-order chi connectivity index (χ0) is 11.2. The van der Waals surface area contributed by atoms with Crippen LogP contribution in [0.15, 0.2) is 12.3 Å². The molecule has 5 nitrogen and oxygen atoms in total. The summed E-state index contributed by atoms with van der Waals surface area (Å²) in [5.74, 6) is -1.07. The van der Waals surface area contributed by atoms with Crippen molar-refractivity contribution in [3.63, 3.8) is 0 Å². The molecule has 0 amide bonds. The van der Waals surface area contributed by atoms with Gasteiger partial charge in [0.1, 0.15) is 0 Å². The Hall–Kier alpha value is -1.52. The van der Waals surface area contributed by atoms with Gasteiger partial charge in [0.05, 0.1) is 26.6 Å². The Bertz CT molecular complexity index is 242. The molecule has 0 radical (unpaired) electrons. The number of hydrogen-bond acceptors (Lipinski definition) is 5. The molecule has 80 valence electrons. The lowest BCUT2D eigenvalue weighted by atomic mass is 10.1. The van der Waals surface area contributed by atoms with Crippen LogP contribution in [0.3, 0.4) is 0 Å². The van der Waals surface area contributed by atoms with E-state index in [9.17, 15) is 9.59 Å². The third kappa shape index (κ3) is 3.93.